The fourth-order valence-electron chi connectivity index (χ4n) is 4.82. The predicted molar refractivity (Wildman–Crippen MR) is 188 cm³/mol. The molecule has 0 radical (unpaired) electrons. The van der Waals surface area contributed by atoms with Gasteiger partial charge in [0.1, 0.15) is 0 Å². The maximum absolute atomic E-state index is 13.5. The first-order valence-corrected chi connectivity index (χ1v) is 17.1. The zero-order valence-corrected chi connectivity index (χ0v) is 27.7. The second-order valence-electron chi connectivity index (χ2n) is 10.6. The van der Waals surface area contributed by atoms with E-state index in [2.05, 4.69) is 48.2 Å². The third-order valence-corrected chi connectivity index (χ3v) is 9.27. The Labute approximate surface area is 276 Å². The summed E-state index contributed by atoms with van der Waals surface area (Å²) in [6.07, 6.45) is 10.8. The summed E-state index contributed by atoms with van der Waals surface area (Å²) in [5.41, 5.74) is 4.27. The van der Waals surface area contributed by atoms with E-state index < -0.39 is 0 Å². The van der Waals surface area contributed by atoms with Gasteiger partial charge in [-0.1, -0.05) is 74.1 Å². The summed E-state index contributed by atoms with van der Waals surface area (Å²) in [7, 11) is 1.62. The van der Waals surface area contributed by atoms with E-state index in [0.717, 1.165) is 40.2 Å². The molecule has 0 fully saturated rings. The lowest BCUT2D eigenvalue weighted by molar-refractivity contribution is 0.294. The van der Waals surface area contributed by atoms with Crippen molar-refractivity contribution >= 4 is 46.3 Å². The number of aromatic nitrogens is 5. The lowest BCUT2D eigenvalue weighted by Crippen LogP contribution is -2.23. The van der Waals surface area contributed by atoms with Gasteiger partial charge < -0.3 is 9.47 Å². The minimum Gasteiger partial charge on any atom is -0.493 e. The summed E-state index contributed by atoms with van der Waals surface area (Å²) in [6.45, 7) is 4.89. The number of nitrogens with zero attached hydrogens (tertiary/aromatic N) is 5. The Balaban J connectivity index is 1.30. The van der Waals surface area contributed by atoms with E-state index in [-0.39, 0.29) is 5.56 Å². The van der Waals surface area contributed by atoms with Crippen molar-refractivity contribution < 1.29 is 9.47 Å². The van der Waals surface area contributed by atoms with Crippen molar-refractivity contribution in [1.82, 2.24) is 24.4 Å². The molecule has 46 heavy (non-hydrogen) atoms. The zero-order chi connectivity index (χ0) is 31.9. The number of rotatable bonds is 13. The number of methoxy groups -OCH3 is 1. The molecular weight excluding hydrogens is 615 g/mol. The van der Waals surface area contributed by atoms with Gasteiger partial charge in [0.2, 0.25) is 4.96 Å². The smallest absolute Gasteiger partial charge is 0.291 e. The van der Waals surface area contributed by atoms with Gasteiger partial charge in [0.25, 0.3) is 5.56 Å². The van der Waals surface area contributed by atoms with Crippen LogP contribution in [0.5, 0.6) is 11.5 Å². The number of benzene rings is 3. The normalized spacial score (nSPS) is 12.0. The molecule has 234 valence electrons. The van der Waals surface area contributed by atoms with E-state index >= 15 is 0 Å². The van der Waals surface area contributed by atoms with Crippen LogP contribution in [0.3, 0.4) is 0 Å². The predicted octanol–water partition coefficient (Wildman–Crippen LogP) is 7.41. The maximum atomic E-state index is 13.5. The largest absolute Gasteiger partial charge is 0.493 e. The Kier molecular flexibility index (Phi) is 9.95. The summed E-state index contributed by atoms with van der Waals surface area (Å²) < 4.78 is 15.0. The average Bonchev–Trinajstić information content (AvgIpc) is 3.78. The number of hydrogen-bond donors (Lipinski definition) is 0. The van der Waals surface area contributed by atoms with Gasteiger partial charge in [-0.15, -0.1) is 16.9 Å². The van der Waals surface area contributed by atoms with Gasteiger partial charge in [0.05, 0.1) is 29.6 Å². The van der Waals surface area contributed by atoms with Crippen LogP contribution in [-0.2, 0) is 0 Å². The second kappa shape index (κ2) is 14.6. The number of thiazole rings is 1. The Morgan fingerprint density at radius 3 is 2.50 bits per heavy atom. The third kappa shape index (κ3) is 7.08. The molecule has 3 aromatic carbocycles. The van der Waals surface area contributed by atoms with Gasteiger partial charge in [-0.05, 0) is 72.7 Å². The summed E-state index contributed by atoms with van der Waals surface area (Å²) in [5, 5.41) is 9.42. The van der Waals surface area contributed by atoms with Crippen molar-refractivity contribution in [2.24, 2.45) is 0 Å². The van der Waals surface area contributed by atoms with Crippen LogP contribution in [0.2, 0.25) is 0 Å². The Morgan fingerprint density at radius 1 is 0.935 bits per heavy atom. The molecule has 0 aliphatic rings. The molecule has 0 spiro atoms. The van der Waals surface area contributed by atoms with Crippen molar-refractivity contribution in [3.8, 4) is 28.4 Å². The first-order valence-electron chi connectivity index (χ1n) is 15.3. The quantitative estimate of drug-likeness (QED) is 0.0952. The van der Waals surface area contributed by atoms with Crippen LogP contribution in [0.4, 0.5) is 0 Å². The van der Waals surface area contributed by atoms with E-state index in [1.54, 1.807) is 13.2 Å². The number of ether oxygens (including phenoxy) is 2. The van der Waals surface area contributed by atoms with Gasteiger partial charge in [-0.25, -0.2) is 4.68 Å². The molecule has 0 N–H and O–H groups in total. The molecule has 0 aliphatic heterocycles. The molecule has 0 bridgehead atoms. The Bertz CT molecular complexity index is 2060. The van der Waals surface area contributed by atoms with Gasteiger partial charge in [-0.3, -0.25) is 4.79 Å². The maximum Gasteiger partial charge on any atom is 0.291 e. The van der Waals surface area contributed by atoms with Crippen molar-refractivity contribution in [3.05, 3.63) is 111 Å². The van der Waals surface area contributed by atoms with Crippen molar-refractivity contribution in [2.75, 3.05) is 19.5 Å². The van der Waals surface area contributed by atoms with Crippen LogP contribution in [-0.4, -0.2) is 43.8 Å². The fourth-order valence-corrected chi connectivity index (χ4v) is 6.73. The highest BCUT2D eigenvalue weighted by Crippen LogP contribution is 2.30. The van der Waals surface area contributed by atoms with E-state index in [1.807, 2.05) is 83.3 Å². The molecule has 6 aromatic rings. The highest BCUT2D eigenvalue weighted by Gasteiger charge is 2.14. The molecule has 0 amide bonds. The molecular formula is C36H35N5O3S2. The van der Waals surface area contributed by atoms with Gasteiger partial charge >= 0.3 is 0 Å². The third-order valence-electron chi connectivity index (χ3n) is 7.22. The number of hydrogen-bond acceptors (Lipinski definition) is 8. The van der Waals surface area contributed by atoms with Gasteiger partial charge in [0, 0.05) is 22.2 Å². The van der Waals surface area contributed by atoms with Gasteiger partial charge in [0.15, 0.2) is 17.3 Å². The zero-order valence-electron chi connectivity index (χ0n) is 26.1. The first-order chi connectivity index (χ1) is 22.6. The summed E-state index contributed by atoms with van der Waals surface area (Å²) in [4.78, 5) is 19.9. The van der Waals surface area contributed by atoms with Crippen LogP contribution in [0, 0.1) is 0 Å². The monoisotopic (exact) mass is 649 g/mol. The van der Waals surface area contributed by atoms with E-state index in [0.29, 0.717) is 33.4 Å². The average molecular weight is 650 g/mol. The van der Waals surface area contributed by atoms with Crippen LogP contribution in [0.25, 0.3) is 40.1 Å². The topological polar surface area (TPSA) is 83.5 Å². The van der Waals surface area contributed by atoms with E-state index in [4.69, 9.17) is 14.6 Å². The number of thioether (sulfide) groups is 1. The highest BCUT2D eigenvalue weighted by molar-refractivity contribution is 7.99. The van der Waals surface area contributed by atoms with Crippen molar-refractivity contribution in [2.45, 2.75) is 38.0 Å². The second-order valence-corrected chi connectivity index (χ2v) is 12.8. The molecule has 0 aliphatic carbocycles. The van der Waals surface area contributed by atoms with Crippen molar-refractivity contribution in [1.29, 1.82) is 0 Å². The van der Waals surface area contributed by atoms with E-state index in [9.17, 15) is 4.79 Å². The summed E-state index contributed by atoms with van der Waals surface area (Å²) in [5.74, 6) is 2.92. The van der Waals surface area contributed by atoms with Crippen LogP contribution < -0.4 is 19.6 Å². The lowest BCUT2D eigenvalue weighted by atomic mass is 10.1. The van der Waals surface area contributed by atoms with Crippen LogP contribution >= 0.6 is 23.1 Å². The van der Waals surface area contributed by atoms with Gasteiger partial charge in [-0.2, -0.15) is 14.6 Å². The minimum absolute atomic E-state index is 0.215. The molecule has 0 saturated carbocycles. The Morgan fingerprint density at radius 2 is 1.76 bits per heavy atom. The molecule has 6 rings (SSSR count). The number of para-hydroxylation sites is 1. The molecule has 0 unspecified atom stereocenters. The summed E-state index contributed by atoms with van der Waals surface area (Å²) >= 11 is 3.18. The highest BCUT2D eigenvalue weighted by atomic mass is 32.2. The number of fused-ring (bicyclic) bond motifs is 1. The van der Waals surface area contributed by atoms with Crippen LogP contribution in [0.15, 0.2) is 88.7 Å². The molecule has 10 heteroatoms. The van der Waals surface area contributed by atoms with E-state index in [1.165, 1.54) is 33.6 Å². The lowest BCUT2D eigenvalue weighted by Gasteiger charge is -2.10. The molecule has 8 nitrogen and oxygen atoms in total. The molecule has 0 atom stereocenters. The SMILES string of the molecule is CCCCSc1ccc(-c2nn(-c3ccccc3)cc2/C=c2\sc3nc(/C=C/c4ccc(OCCC)c(OC)c4)nn3c2=O)cc1. The fraction of sp³-hybridized carbons (Fsp3) is 0.222. The van der Waals surface area contributed by atoms with Crippen molar-refractivity contribution in [3.63, 3.8) is 0 Å². The molecule has 0 saturated heterocycles. The first kappa shape index (κ1) is 31.3. The molecule has 3 heterocycles. The van der Waals surface area contributed by atoms with Crippen LogP contribution in [0.1, 0.15) is 50.1 Å². The number of unbranched alkanes of at least 4 members (excludes halogenated alkanes) is 1. The summed E-state index contributed by atoms with van der Waals surface area (Å²) in [6, 6.07) is 24.2. The minimum atomic E-state index is -0.215. The molecule has 3 aromatic heterocycles. The Hall–Kier alpha value is -4.67. The standard InChI is InChI=1S/C36H35N5O3S2/c1-4-6-21-45-29-16-14-26(15-17-29)34-27(24-40(39-34)28-10-8-7-9-11-28)23-32-35(42)41-36(46-32)37-33(38-41)19-13-25-12-18-30(44-20-5-2)31(22-25)43-3/h7-19,22-24H,4-6,20-21H2,1-3H3/b19-13+,32-23-.